The molecular formula is C29H27F3N6O3. The highest BCUT2D eigenvalue weighted by Crippen LogP contribution is 2.32. The Morgan fingerprint density at radius 1 is 1.00 bits per heavy atom. The van der Waals surface area contributed by atoms with Crippen molar-refractivity contribution in [2.24, 2.45) is 0 Å². The van der Waals surface area contributed by atoms with Crippen LogP contribution in [0.1, 0.15) is 30.9 Å². The van der Waals surface area contributed by atoms with Gasteiger partial charge in [0.25, 0.3) is 0 Å². The second kappa shape index (κ2) is 11.3. The maximum absolute atomic E-state index is 12.8. The molecule has 0 saturated carbocycles. The number of rotatable bonds is 7. The van der Waals surface area contributed by atoms with E-state index in [-0.39, 0.29) is 5.75 Å². The topological polar surface area (TPSA) is 93.5 Å². The van der Waals surface area contributed by atoms with E-state index in [1.807, 2.05) is 18.2 Å². The van der Waals surface area contributed by atoms with Crippen LogP contribution < -0.4 is 15.4 Å². The number of benzene rings is 3. The van der Waals surface area contributed by atoms with E-state index in [4.69, 9.17) is 4.84 Å². The number of carbonyl (C=O) groups is 1. The summed E-state index contributed by atoms with van der Waals surface area (Å²) in [4.78, 5) is 22.9. The van der Waals surface area contributed by atoms with E-state index in [9.17, 15) is 18.0 Å². The van der Waals surface area contributed by atoms with E-state index in [1.165, 1.54) is 40.8 Å². The minimum absolute atomic E-state index is 0.303. The van der Waals surface area contributed by atoms with Crippen molar-refractivity contribution in [3.05, 3.63) is 96.1 Å². The Labute approximate surface area is 234 Å². The summed E-state index contributed by atoms with van der Waals surface area (Å²) in [6.07, 6.45) is -3.31. The molecule has 1 aromatic heterocycles. The number of nitrogens with zero attached hydrogens (tertiary/aromatic N) is 4. The molecule has 5 rings (SSSR count). The van der Waals surface area contributed by atoms with Gasteiger partial charge in [-0.3, -0.25) is 5.32 Å². The highest BCUT2D eigenvalue weighted by atomic mass is 19.4. The van der Waals surface area contributed by atoms with Crippen molar-refractivity contribution in [2.45, 2.75) is 26.1 Å². The van der Waals surface area contributed by atoms with Crippen LogP contribution in [0.5, 0.6) is 5.75 Å². The smallest absolute Gasteiger partial charge is 0.406 e. The largest absolute Gasteiger partial charge is 0.573 e. The van der Waals surface area contributed by atoms with Gasteiger partial charge in [-0.1, -0.05) is 38.1 Å². The maximum Gasteiger partial charge on any atom is 0.573 e. The summed E-state index contributed by atoms with van der Waals surface area (Å²) >= 11 is 0. The van der Waals surface area contributed by atoms with Crippen LogP contribution >= 0.6 is 0 Å². The number of amides is 2. The molecule has 9 nitrogen and oxygen atoms in total. The lowest BCUT2D eigenvalue weighted by molar-refractivity contribution is -0.274. The number of hydrogen-bond donors (Lipinski definition) is 2. The SMILES string of the molecule is CC(C)c1ccccc1C1=C(NC(=O)Nc2ccc(-c3ncn(-c4ccc(OC(F)(F)F)cc4)n3)cc2)ON(C)C1. The van der Waals surface area contributed by atoms with Gasteiger partial charge in [-0.2, -0.15) is 0 Å². The maximum atomic E-state index is 12.8. The Balaban J connectivity index is 1.25. The van der Waals surface area contributed by atoms with Gasteiger partial charge in [-0.15, -0.1) is 23.3 Å². The zero-order valence-corrected chi connectivity index (χ0v) is 22.4. The Morgan fingerprint density at radius 3 is 2.39 bits per heavy atom. The lowest BCUT2D eigenvalue weighted by Gasteiger charge is -2.14. The van der Waals surface area contributed by atoms with Crippen LogP contribution in [-0.4, -0.2) is 45.8 Å². The van der Waals surface area contributed by atoms with Crippen molar-refractivity contribution in [1.82, 2.24) is 25.1 Å². The van der Waals surface area contributed by atoms with Crippen LogP contribution in [0.25, 0.3) is 22.6 Å². The minimum atomic E-state index is -4.76. The fourth-order valence-corrected chi connectivity index (χ4v) is 4.41. The van der Waals surface area contributed by atoms with Crippen LogP contribution in [0.4, 0.5) is 23.7 Å². The van der Waals surface area contributed by atoms with Gasteiger partial charge in [0.05, 0.1) is 12.2 Å². The molecule has 0 bridgehead atoms. The molecule has 1 aliphatic heterocycles. The van der Waals surface area contributed by atoms with Crippen LogP contribution in [0.2, 0.25) is 0 Å². The first-order chi connectivity index (χ1) is 19.6. The number of anilines is 1. The van der Waals surface area contributed by atoms with Crippen LogP contribution in [-0.2, 0) is 4.84 Å². The summed E-state index contributed by atoms with van der Waals surface area (Å²) in [5.41, 5.74) is 4.83. The fraction of sp³-hybridized carbons (Fsp3) is 0.207. The molecule has 0 atom stereocenters. The van der Waals surface area contributed by atoms with E-state index in [0.29, 0.717) is 41.1 Å². The number of ether oxygens (including phenoxy) is 1. The third-order valence-corrected chi connectivity index (χ3v) is 6.26. The predicted molar refractivity (Wildman–Crippen MR) is 147 cm³/mol. The summed E-state index contributed by atoms with van der Waals surface area (Å²) in [6.45, 7) is 4.77. The zero-order valence-electron chi connectivity index (χ0n) is 22.4. The molecule has 12 heteroatoms. The molecule has 41 heavy (non-hydrogen) atoms. The van der Waals surface area contributed by atoms with Gasteiger partial charge in [-0.05, 0) is 65.6 Å². The first-order valence-electron chi connectivity index (χ1n) is 12.7. The molecule has 0 fully saturated rings. The number of alkyl halides is 3. The minimum Gasteiger partial charge on any atom is -0.406 e. The third-order valence-electron chi connectivity index (χ3n) is 6.26. The average Bonchev–Trinajstić information content (AvgIpc) is 3.55. The summed E-state index contributed by atoms with van der Waals surface area (Å²) in [5.74, 6) is 0.755. The van der Waals surface area contributed by atoms with Gasteiger partial charge >= 0.3 is 12.4 Å². The number of likely N-dealkylation sites (N-methyl/N-ethyl adjacent to an activating group) is 1. The zero-order chi connectivity index (χ0) is 29.1. The van der Waals surface area contributed by atoms with E-state index >= 15 is 0 Å². The lowest BCUT2D eigenvalue weighted by atomic mass is 9.92. The first-order valence-corrected chi connectivity index (χ1v) is 12.7. The molecule has 0 saturated heterocycles. The highest BCUT2D eigenvalue weighted by molar-refractivity contribution is 5.92. The van der Waals surface area contributed by atoms with Crippen molar-refractivity contribution >= 4 is 17.3 Å². The summed E-state index contributed by atoms with van der Waals surface area (Å²) in [7, 11) is 1.80. The summed E-state index contributed by atoms with van der Waals surface area (Å²) in [5, 5.41) is 11.7. The molecule has 0 unspecified atom stereocenters. The Morgan fingerprint density at radius 2 is 1.71 bits per heavy atom. The standard InChI is InChI=1S/C29H27F3N6O3/c1-18(2)23-6-4-5-7-24(23)25-16-37(3)41-27(25)35-28(39)34-20-10-8-19(9-11-20)26-33-17-38(36-26)21-12-14-22(15-13-21)40-29(30,31)32/h4-15,17-18H,16H2,1-3H3,(H2,34,35,39). The van der Waals surface area contributed by atoms with Crippen molar-refractivity contribution in [1.29, 1.82) is 0 Å². The summed E-state index contributed by atoms with van der Waals surface area (Å²) < 4.78 is 42.5. The lowest BCUT2D eigenvalue weighted by Crippen LogP contribution is -2.29. The molecule has 2 heterocycles. The Kier molecular flexibility index (Phi) is 7.66. The molecule has 3 aromatic carbocycles. The van der Waals surface area contributed by atoms with Gasteiger partial charge in [0.1, 0.15) is 12.1 Å². The summed E-state index contributed by atoms with van der Waals surface area (Å²) in [6, 6.07) is 19.8. The van der Waals surface area contributed by atoms with Crippen LogP contribution in [0.15, 0.2) is 85.0 Å². The molecule has 1 aliphatic rings. The average molecular weight is 565 g/mol. The number of urea groups is 1. The molecule has 212 valence electrons. The van der Waals surface area contributed by atoms with Gasteiger partial charge in [0.2, 0.25) is 5.88 Å². The number of carbonyl (C=O) groups excluding carboxylic acids is 1. The van der Waals surface area contributed by atoms with Crippen LogP contribution in [0, 0.1) is 0 Å². The monoisotopic (exact) mass is 564 g/mol. The molecule has 0 spiro atoms. The number of aromatic nitrogens is 3. The second-order valence-corrected chi connectivity index (χ2v) is 9.64. The second-order valence-electron chi connectivity index (χ2n) is 9.64. The molecule has 2 amide bonds. The fourth-order valence-electron chi connectivity index (χ4n) is 4.41. The number of hydroxylamine groups is 2. The predicted octanol–water partition coefficient (Wildman–Crippen LogP) is 6.32. The molecule has 2 N–H and O–H groups in total. The molecule has 4 aromatic rings. The molecular weight excluding hydrogens is 537 g/mol. The quantitative estimate of drug-likeness (QED) is 0.273. The molecule has 0 aliphatic carbocycles. The van der Waals surface area contributed by atoms with E-state index in [1.54, 1.807) is 36.4 Å². The number of nitrogens with one attached hydrogen (secondary N) is 2. The van der Waals surface area contributed by atoms with Crippen molar-refractivity contribution in [3.8, 4) is 22.8 Å². The highest BCUT2D eigenvalue weighted by Gasteiger charge is 2.31. The van der Waals surface area contributed by atoms with Crippen molar-refractivity contribution in [3.63, 3.8) is 0 Å². The van der Waals surface area contributed by atoms with E-state index in [2.05, 4.69) is 45.4 Å². The normalized spacial score (nSPS) is 13.8. The Bertz CT molecular complexity index is 1560. The van der Waals surface area contributed by atoms with Crippen molar-refractivity contribution in [2.75, 3.05) is 18.9 Å². The van der Waals surface area contributed by atoms with Gasteiger partial charge in [0.15, 0.2) is 5.82 Å². The van der Waals surface area contributed by atoms with Crippen molar-refractivity contribution < 1.29 is 27.5 Å². The first kappa shape index (κ1) is 27.7. The Hall–Kier alpha value is -4.84. The van der Waals surface area contributed by atoms with Gasteiger partial charge in [0, 0.05) is 23.9 Å². The molecule has 0 radical (unpaired) electrons. The number of halogens is 3. The van der Waals surface area contributed by atoms with Gasteiger partial charge in [-0.25, -0.2) is 14.5 Å². The van der Waals surface area contributed by atoms with E-state index < -0.39 is 12.4 Å². The number of hydrogen-bond acceptors (Lipinski definition) is 6. The van der Waals surface area contributed by atoms with E-state index in [0.717, 1.165) is 11.1 Å². The van der Waals surface area contributed by atoms with Crippen LogP contribution in [0.3, 0.4) is 0 Å². The third kappa shape index (κ3) is 6.67. The van der Waals surface area contributed by atoms with Gasteiger partial charge < -0.3 is 14.9 Å².